The lowest BCUT2D eigenvalue weighted by Crippen LogP contribution is -2.88. The van der Waals surface area contributed by atoms with Crippen molar-refractivity contribution >= 4 is 0 Å². The van der Waals surface area contributed by atoms with E-state index in [-0.39, 0.29) is 11.2 Å². The molecule has 3 aliphatic heterocycles. The van der Waals surface area contributed by atoms with Crippen molar-refractivity contribution < 1.29 is 9.84 Å². The molecule has 0 bridgehead atoms. The number of piperidine rings is 2. The van der Waals surface area contributed by atoms with Gasteiger partial charge in [-0.15, -0.1) is 0 Å². The van der Waals surface area contributed by atoms with Crippen LogP contribution in [-0.4, -0.2) is 40.0 Å². The molecule has 3 fully saturated rings. The van der Waals surface area contributed by atoms with Crippen LogP contribution in [0.25, 0.3) is 0 Å². The standard InChI is InChI=1S/C11H19NO2/c1-9-5-3-7-12-8-4-6-10(2,14-9)11(9,12)13/h13H,3-8H2,1-2H3/t9-,10+,11?. The molecule has 1 unspecified atom stereocenters. The number of aliphatic hydroxyl groups is 1. The summed E-state index contributed by atoms with van der Waals surface area (Å²) in [6, 6.07) is 0. The van der Waals surface area contributed by atoms with Crippen molar-refractivity contribution in [1.82, 2.24) is 4.90 Å². The molecule has 0 aliphatic carbocycles. The summed E-state index contributed by atoms with van der Waals surface area (Å²) in [7, 11) is 0. The highest BCUT2D eigenvalue weighted by molar-refractivity contribution is 5.21. The minimum absolute atomic E-state index is 0.305. The van der Waals surface area contributed by atoms with Crippen LogP contribution in [0.4, 0.5) is 0 Å². The molecule has 0 amide bonds. The summed E-state index contributed by atoms with van der Waals surface area (Å²) in [6.45, 7) is 6.19. The second-order valence-corrected chi connectivity index (χ2v) is 5.43. The van der Waals surface area contributed by atoms with Crippen LogP contribution in [0.2, 0.25) is 0 Å². The van der Waals surface area contributed by atoms with Gasteiger partial charge in [0, 0.05) is 13.1 Å². The molecule has 3 nitrogen and oxygen atoms in total. The molecule has 0 aromatic rings. The van der Waals surface area contributed by atoms with Gasteiger partial charge in [0.05, 0.1) is 0 Å². The molecule has 1 N–H and O–H groups in total. The maximum Gasteiger partial charge on any atom is 0.176 e. The first kappa shape index (κ1) is 9.13. The van der Waals surface area contributed by atoms with Crippen LogP contribution in [-0.2, 0) is 4.74 Å². The monoisotopic (exact) mass is 197 g/mol. The van der Waals surface area contributed by atoms with Gasteiger partial charge in [-0.25, -0.2) is 0 Å². The molecular formula is C11H19NO2. The van der Waals surface area contributed by atoms with Gasteiger partial charge in [-0.1, -0.05) is 0 Å². The van der Waals surface area contributed by atoms with E-state index in [4.69, 9.17) is 4.74 Å². The molecule has 0 aromatic heterocycles. The average Bonchev–Trinajstić information content (AvgIpc) is 2.11. The van der Waals surface area contributed by atoms with Crippen LogP contribution in [0.5, 0.6) is 0 Å². The fourth-order valence-electron chi connectivity index (χ4n) is 3.92. The predicted molar refractivity (Wildman–Crippen MR) is 52.9 cm³/mol. The van der Waals surface area contributed by atoms with Gasteiger partial charge in [-0.3, -0.25) is 4.90 Å². The Morgan fingerprint density at radius 3 is 2.00 bits per heavy atom. The summed E-state index contributed by atoms with van der Waals surface area (Å²) >= 11 is 0. The van der Waals surface area contributed by atoms with Crippen LogP contribution >= 0.6 is 0 Å². The van der Waals surface area contributed by atoms with Crippen LogP contribution < -0.4 is 0 Å². The zero-order valence-corrected chi connectivity index (χ0v) is 9.05. The molecule has 14 heavy (non-hydrogen) atoms. The van der Waals surface area contributed by atoms with Gasteiger partial charge in [0.2, 0.25) is 0 Å². The first-order valence-corrected chi connectivity index (χ1v) is 5.70. The van der Waals surface area contributed by atoms with E-state index in [0.717, 1.165) is 38.8 Å². The number of hydrogen-bond donors (Lipinski definition) is 1. The normalized spacial score (nSPS) is 57.6. The first-order chi connectivity index (χ1) is 6.52. The number of rotatable bonds is 0. The number of nitrogens with zero attached hydrogens (tertiary/aromatic N) is 1. The van der Waals surface area contributed by atoms with E-state index in [1.54, 1.807) is 0 Å². The smallest absolute Gasteiger partial charge is 0.176 e. The lowest BCUT2D eigenvalue weighted by molar-refractivity contribution is -0.463. The zero-order chi connectivity index (χ0) is 10.0. The van der Waals surface area contributed by atoms with Gasteiger partial charge in [-0.2, -0.15) is 0 Å². The third-order valence-corrected chi connectivity index (χ3v) is 4.55. The van der Waals surface area contributed by atoms with Crippen molar-refractivity contribution in [2.45, 2.75) is 56.5 Å². The van der Waals surface area contributed by atoms with Crippen LogP contribution in [0.3, 0.4) is 0 Å². The van der Waals surface area contributed by atoms with Gasteiger partial charge in [0.1, 0.15) is 11.2 Å². The van der Waals surface area contributed by atoms with Crippen LogP contribution in [0.1, 0.15) is 39.5 Å². The quantitative estimate of drug-likeness (QED) is 0.631. The van der Waals surface area contributed by atoms with Crippen molar-refractivity contribution in [2.24, 2.45) is 0 Å². The van der Waals surface area contributed by atoms with E-state index in [1.165, 1.54) is 0 Å². The third kappa shape index (κ3) is 0.730. The Morgan fingerprint density at radius 2 is 1.57 bits per heavy atom. The highest BCUT2D eigenvalue weighted by Crippen LogP contribution is 2.60. The summed E-state index contributed by atoms with van der Waals surface area (Å²) in [4.78, 5) is 2.24. The minimum Gasteiger partial charge on any atom is -0.370 e. The summed E-state index contributed by atoms with van der Waals surface area (Å²) in [5.41, 5.74) is -1.29. The first-order valence-electron chi connectivity index (χ1n) is 5.70. The topological polar surface area (TPSA) is 32.7 Å². The molecule has 0 radical (unpaired) electrons. The Hall–Kier alpha value is -0.120. The van der Waals surface area contributed by atoms with E-state index in [9.17, 15) is 5.11 Å². The Balaban J connectivity index is 2.03. The molecule has 3 atom stereocenters. The van der Waals surface area contributed by atoms with Gasteiger partial charge >= 0.3 is 0 Å². The largest absolute Gasteiger partial charge is 0.370 e. The average molecular weight is 197 g/mol. The van der Waals surface area contributed by atoms with Gasteiger partial charge in [0.15, 0.2) is 5.72 Å². The molecule has 3 heteroatoms. The zero-order valence-electron chi connectivity index (χ0n) is 9.05. The molecule has 3 saturated heterocycles. The molecule has 0 aromatic carbocycles. The Bertz CT molecular complexity index is 258. The Morgan fingerprint density at radius 1 is 1.07 bits per heavy atom. The number of ether oxygens (including phenoxy) is 1. The van der Waals surface area contributed by atoms with Gasteiger partial charge in [-0.05, 0) is 39.5 Å². The molecule has 3 aliphatic rings. The second kappa shape index (κ2) is 2.34. The van der Waals surface area contributed by atoms with E-state index >= 15 is 0 Å². The van der Waals surface area contributed by atoms with Crippen LogP contribution in [0, 0.1) is 0 Å². The van der Waals surface area contributed by atoms with Crippen molar-refractivity contribution in [2.75, 3.05) is 13.1 Å². The van der Waals surface area contributed by atoms with Crippen molar-refractivity contribution in [1.29, 1.82) is 0 Å². The maximum absolute atomic E-state index is 10.8. The lowest BCUT2D eigenvalue weighted by atomic mass is 9.63. The van der Waals surface area contributed by atoms with Crippen molar-refractivity contribution in [3.63, 3.8) is 0 Å². The summed E-state index contributed by atoms with van der Waals surface area (Å²) < 4.78 is 6.00. The van der Waals surface area contributed by atoms with Crippen molar-refractivity contribution in [3.05, 3.63) is 0 Å². The van der Waals surface area contributed by atoms with E-state index in [2.05, 4.69) is 18.7 Å². The highest BCUT2D eigenvalue weighted by Gasteiger charge is 2.75. The van der Waals surface area contributed by atoms with E-state index < -0.39 is 5.72 Å². The molecular weight excluding hydrogens is 178 g/mol. The molecule has 80 valence electrons. The fraction of sp³-hybridized carbons (Fsp3) is 1.00. The molecule has 0 spiro atoms. The van der Waals surface area contributed by atoms with Crippen LogP contribution in [0.15, 0.2) is 0 Å². The summed E-state index contributed by atoms with van der Waals surface area (Å²) in [6.07, 6.45) is 4.29. The van der Waals surface area contributed by atoms with Gasteiger partial charge in [0.25, 0.3) is 0 Å². The van der Waals surface area contributed by atoms with Gasteiger partial charge < -0.3 is 9.84 Å². The summed E-state index contributed by atoms with van der Waals surface area (Å²) in [5.74, 6) is 0. The van der Waals surface area contributed by atoms with Crippen molar-refractivity contribution in [3.8, 4) is 0 Å². The fourth-order valence-corrected chi connectivity index (χ4v) is 3.92. The molecule has 0 saturated carbocycles. The minimum atomic E-state index is -0.684. The summed E-state index contributed by atoms with van der Waals surface area (Å²) in [5, 5.41) is 10.8. The lowest BCUT2D eigenvalue weighted by Gasteiger charge is -2.73. The highest BCUT2D eigenvalue weighted by atomic mass is 16.6. The number of hydrogen-bond acceptors (Lipinski definition) is 3. The molecule has 3 rings (SSSR count). The SMILES string of the molecule is C[C@]12CCCN3CCC[C@](C)(O1)C32O. The van der Waals surface area contributed by atoms with E-state index in [1.807, 2.05) is 0 Å². The Kier molecular flexibility index (Phi) is 1.53. The third-order valence-electron chi connectivity index (χ3n) is 4.55. The van der Waals surface area contributed by atoms with E-state index in [0.29, 0.717) is 0 Å². The maximum atomic E-state index is 10.8. The molecule has 3 heterocycles. The Labute approximate surface area is 85.0 Å². The predicted octanol–water partition coefficient (Wildman–Crippen LogP) is 1.11. The second-order valence-electron chi connectivity index (χ2n) is 5.43.